The minimum absolute atomic E-state index is 0.0638. The van der Waals surface area contributed by atoms with Gasteiger partial charge in [0, 0.05) is 47.5 Å². The van der Waals surface area contributed by atoms with Crippen molar-refractivity contribution in [3.8, 4) is 0 Å². The predicted molar refractivity (Wildman–Crippen MR) is 87.0 cm³/mol. The molecule has 2 rings (SSSR count). The Morgan fingerprint density at radius 1 is 1.38 bits per heavy atom. The van der Waals surface area contributed by atoms with Crippen LogP contribution >= 0.6 is 11.6 Å². The van der Waals surface area contributed by atoms with Crippen molar-refractivity contribution in [3.05, 3.63) is 34.9 Å². The maximum atomic E-state index is 10.8. The summed E-state index contributed by atoms with van der Waals surface area (Å²) in [5, 5.41) is 9.41. The van der Waals surface area contributed by atoms with E-state index in [-0.39, 0.29) is 5.54 Å². The average Bonchev–Trinajstić information content (AvgIpc) is 2.40. The monoisotopic (exact) mass is 308 g/mol. The number of nitrogens with zero attached hydrogens (tertiary/aromatic N) is 2. The van der Waals surface area contributed by atoms with Crippen LogP contribution in [0.4, 0.5) is 5.69 Å². The number of carbonyl (C=O) groups is 1. The van der Waals surface area contributed by atoms with E-state index >= 15 is 0 Å². The summed E-state index contributed by atoms with van der Waals surface area (Å²) in [4.78, 5) is 15.4. The first-order valence-electron chi connectivity index (χ1n) is 6.97. The number of likely N-dealkylation sites (N-methyl/N-ethyl adjacent to an activating group) is 1. The van der Waals surface area contributed by atoms with Crippen molar-refractivity contribution in [3.63, 3.8) is 0 Å². The maximum absolute atomic E-state index is 10.8. The first kappa shape index (κ1) is 15.9. The Hall–Kier alpha value is -1.52. The highest BCUT2D eigenvalue weighted by molar-refractivity contribution is 6.32. The highest BCUT2D eigenvalue weighted by Gasteiger charge is 2.31. The molecule has 0 radical (unpaired) electrons. The van der Waals surface area contributed by atoms with Gasteiger partial charge >= 0.3 is 5.97 Å². The zero-order valence-electron chi connectivity index (χ0n) is 12.6. The fourth-order valence-corrected chi connectivity index (χ4v) is 2.80. The van der Waals surface area contributed by atoms with Crippen molar-refractivity contribution >= 4 is 29.3 Å². The third-order valence-corrected chi connectivity index (χ3v) is 4.41. The molecular weight excluding hydrogens is 288 g/mol. The van der Waals surface area contributed by atoms with E-state index in [4.69, 9.17) is 16.7 Å². The van der Waals surface area contributed by atoms with Gasteiger partial charge in [-0.1, -0.05) is 17.7 Å². The number of hydrogen-bond donors (Lipinski definition) is 1. The molecule has 1 N–H and O–H groups in total. The van der Waals surface area contributed by atoms with Gasteiger partial charge in [0.1, 0.15) is 0 Å². The fourth-order valence-electron chi connectivity index (χ4n) is 2.57. The van der Waals surface area contributed by atoms with Gasteiger partial charge in [-0.25, -0.2) is 4.79 Å². The second-order valence-electron chi connectivity index (χ2n) is 6.00. The SMILES string of the molecule is CN1CCN(c2cccc(Cl)c2C=CC(=O)O)CC1(C)C. The van der Waals surface area contributed by atoms with E-state index in [1.165, 1.54) is 0 Å². The van der Waals surface area contributed by atoms with Gasteiger partial charge in [0.15, 0.2) is 0 Å². The number of benzene rings is 1. The van der Waals surface area contributed by atoms with E-state index in [2.05, 4.69) is 30.7 Å². The lowest BCUT2D eigenvalue weighted by Crippen LogP contribution is -2.57. The van der Waals surface area contributed by atoms with E-state index in [0.717, 1.165) is 37.0 Å². The predicted octanol–water partition coefficient (Wildman–Crippen LogP) is 2.97. The Labute approximate surface area is 130 Å². The molecule has 0 saturated carbocycles. The second-order valence-corrected chi connectivity index (χ2v) is 6.41. The molecule has 0 bridgehead atoms. The average molecular weight is 309 g/mol. The lowest BCUT2D eigenvalue weighted by atomic mass is 9.98. The van der Waals surface area contributed by atoms with Crippen LogP contribution in [0.1, 0.15) is 19.4 Å². The Bertz CT molecular complexity index is 569. The van der Waals surface area contributed by atoms with Crippen molar-refractivity contribution < 1.29 is 9.90 Å². The van der Waals surface area contributed by atoms with Gasteiger partial charge in [0.05, 0.1) is 0 Å². The number of carboxylic acids is 1. The Morgan fingerprint density at radius 3 is 2.71 bits per heavy atom. The number of hydrogen-bond acceptors (Lipinski definition) is 3. The van der Waals surface area contributed by atoms with Crippen molar-refractivity contribution in [2.75, 3.05) is 31.6 Å². The minimum Gasteiger partial charge on any atom is -0.478 e. The smallest absolute Gasteiger partial charge is 0.328 e. The van der Waals surface area contributed by atoms with Gasteiger partial charge < -0.3 is 10.0 Å². The molecule has 5 heteroatoms. The number of aliphatic carboxylic acids is 1. The van der Waals surface area contributed by atoms with Crippen LogP contribution in [-0.4, -0.2) is 48.2 Å². The van der Waals surface area contributed by atoms with E-state index in [1.807, 2.05) is 12.1 Å². The van der Waals surface area contributed by atoms with Crippen LogP contribution in [-0.2, 0) is 4.79 Å². The van der Waals surface area contributed by atoms with Crippen LogP contribution < -0.4 is 4.90 Å². The third kappa shape index (κ3) is 3.57. The highest BCUT2D eigenvalue weighted by atomic mass is 35.5. The molecule has 0 amide bonds. The molecule has 0 aromatic heterocycles. The molecular formula is C16H21ClN2O2. The van der Waals surface area contributed by atoms with Crippen molar-refractivity contribution in [2.24, 2.45) is 0 Å². The molecule has 0 aliphatic carbocycles. The number of carboxylic acid groups (broad SMARTS) is 1. The second kappa shape index (κ2) is 6.08. The van der Waals surface area contributed by atoms with E-state index in [1.54, 1.807) is 12.1 Å². The lowest BCUT2D eigenvalue weighted by Gasteiger charge is -2.46. The molecule has 1 aromatic rings. The summed E-state index contributed by atoms with van der Waals surface area (Å²) in [6, 6.07) is 5.68. The first-order chi connectivity index (χ1) is 9.81. The first-order valence-corrected chi connectivity index (χ1v) is 7.35. The molecule has 1 aromatic carbocycles. The Morgan fingerprint density at radius 2 is 2.10 bits per heavy atom. The molecule has 21 heavy (non-hydrogen) atoms. The largest absolute Gasteiger partial charge is 0.478 e. The van der Waals surface area contributed by atoms with Gasteiger partial charge in [0.25, 0.3) is 0 Å². The van der Waals surface area contributed by atoms with Crippen LogP contribution in [0.2, 0.25) is 5.02 Å². The maximum Gasteiger partial charge on any atom is 0.328 e. The summed E-state index contributed by atoms with van der Waals surface area (Å²) < 4.78 is 0. The van der Waals surface area contributed by atoms with Gasteiger partial charge in [-0.15, -0.1) is 0 Å². The zero-order valence-corrected chi connectivity index (χ0v) is 13.4. The fraction of sp³-hybridized carbons (Fsp3) is 0.438. The van der Waals surface area contributed by atoms with E-state index in [9.17, 15) is 4.79 Å². The summed E-state index contributed by atoms with van der Waals surface area (Å²) >= 11 is 6.25. The number of rotatable bonds is 3. The summed E-state index contributed by atoms with van der Waals surface area (Å²) in [6.45, 7) is 7.14. The standard InChI is InChI=1S/C16H21ClN2O2/c1-16(2)11-19(10-9-18(16)3)14-6-4-5-13(17)12(14)7-8-15(20)21/h4-8H,9-11H2,1-3H3,(H,20,21). The third-order valence-electron chi connectivity index (χ3n) is 4.08. The van der Waals surface area contributed by atoms with Gasteiger partial charge in [-0.05, 0) is 39.1 Å². The normalized spacial score (nSPS) is 19.1. The van der Waals surface area contributed by atoms with Gasteiger partial charge in [-0.3, -0.25) is 4.90 Å². The summed E-state index contributed by atoms with van der Waals surface area (Å²) in [5.74, 6) is -0.973. The van der Waals surface area contributed by atoms with E-state index < -0.39 is 5.97 Å². The quantitative estimate of drug-likeness (QED) is 0.872. The van der Waals surface area contributed by atoms with E-state index in [0.29, 0.717) is 5.02 Å². The lowest BCUT2D eigenvalue weighted by molar-refractivity contribution is -0.131. The molecule has 114 valence electrons. The van der Waals surface area contributed by atoms with Gasteiger partial charge in [0.2, 0.25) is 0 Å². The molecule has 4 nitrogen and oxygen atoms in total. The van der Waals surface area contributed by atoms with Crippen LogP contribution in [0.15, 0.2) is 24.3 Å². The number of halogens is 1. The Balaban J connectivity index is 2.36. The van der Waals surface area contributed by atoms with Gasteiger partial charge in [-0.2, -0.15) is 0 Å². The molecule has 1 heterocycles. The molecule has 0 unspecified atom stereocenters. The molecule has 1 fully saturated rings. The zero-order chi connectivity index (χ0) is 15.6. The summed E-state index contributed by atoms with van der Waals surface area (Å²) in [6.07, 6.45) is 2.71. The molecule has 0 atom stereocenters. The van der Waals surface area contributed by atoms with Crippen LogP contribution in [0, 0.1) is 0 Å². The molecule has 0 spiro atoms. The molecule has 1 aliphatic rings. The molecule has 1 aliphatic heterocycles. The number of anilines is 1. The number of piperazine rings is 1. The van der Waals surface area contributed by atoms with Crippen LogP contribution in [0.3, 0.4) is 0 Å². The summed E-state index contributed by atoms with van der Waals surface area (Å²) in [5.41, 5.74) is 1.82. The minimum atomic E-state index is -0.973. The highest BCUT2D eigenvalue weighted by Crippen LogP contribution is 2.32. The Kier molecular flexibility index (Phi) is 4.59. The van der Waals surface area contributed by atoms with Crippen molar-refractivity contribution in [2.45, 2.75) is 19.4 Å². The molecule has 1 saturated heterocycles. The van der Waals surface area contributed by atoms with Crippen LogP contribution in [0.25, 0.3) is 6.08 Å². The summed E-state index contributed by atoms with van der Waals surface area (Å²) in [7, 11) is 2.13. The van der Waals surface area contributed by atoms with Crippen molar-refractivity contribution in [1.82, 2.24) is 4.90 Å². The van der Waals surface area contributed by atoms with Crippen molar-refractivity contribution in [1.29, 1.82) is 0 Å². The van der Waals surface area contributed by atoms with Crippen LogP contribution in [0.5, 0.6) is 0 Å². The topological polar surface area (TPSA) is 43.8 Å².